The summed E-state index contributed by atoms with van der Waals surface area (Å²) in [5.41, 5.74) is 6.74. The summed E-state index contributed by atoms with van der Waals surface area (Å²) in [6.45, 7) is 4.67. The second-order valence-corrected chi connectivity index (χ2v) is 11.4. The zero-order valence-corrected chi connectivity index (χ0v) is 19.7. The van der Waals surface area contributed by atoms with Crippen molar-refractivity contribution in [1.82, 2.24) is 15.1 Å². The van der Waals surface area contributed by atoms with E-state index in [0.717, 1.165) is 64.7 Å². The van der Waals surface area contributed by atoms with Gasteiger partial charge in [0.1, 0.15) is 15.9 Å². The molecule has 32 heavy (non-hydrogen) atoms. The average Bonchev–Trinajstić information content (AvgIpc) is 2.77. The van der Waals surface area contributed by atoms with Gasteiger partial charge in [0.25, 0.3) is 0 Å². The highest BCUT2D eigenvalue weighted by Gasteiger charge is 2.37. The van der Waals surface area contributed by atoms with Crippen molar-refractivity contribution in [3.63, 3.8) is 0 Å². The van der Waals surface area contributed by atoms with Gasteiger partial charge >= 0.3 is 0 Å². The van der Waals surface area contributed by atoms with Crippen molar-refractivity contribution < 1.29 is 18.0 Å². The molecule has 1 saturated heterocycles. The minimum absolute atomic E-state index is 0.00938. The van der Waals surface area contributed by atoms with E-state index in [1.54, 1.807) is 0 Å². The maximum atomic E-state index is 13.1. The number of amides is 2. The van der Waals surface area contributed by atoms with Crippen LogP contribution in [0.1, 0.15) is 37.7 Å². The van der Waals surface area contributed by atoms with Gasteiger partial charge in [-0.25, -0.2) is 8.42 Å². The number of nitrogens with zero attached hydrogens (tertiary/aromatic N) is 2. The number of nitrogens with one attached hydrogen (secondary N) is 1. The Morgan fingerprint density at radius 1 is 1.09 bits per heavy atom. The summed E-state index contributed by atoms with van der Waals surface area (Å²) in [5.74, 6) is -1.26. The van der Waals surface area contributed by atoms with Crippen LogP contribution < -0.4 is 11.1 Å². The van der Waals surface area contributed by atoms with Gasteiger partial charge in [-0.3, -0.25) is 19.4 Å². The topological polar surface area (TPSA) is 113 Å². The summed E-state index contributed by atoms with van der Waals surface area (Å²) >= 11 is 0. The molecular weight excluding hydrogens is 428 g/mol. The van der Waals surface area contributed by atoms with E-state index in [2.05, 4.69) is 39.4 Å². The Labute approximate surface area is 191 Å². The van der Waals surface area contributed by atoms with Gasteiger partial charge in [0, 0.05) is 45.0 Å². The van der Waals surface area contributed by atoms with Gasteiger partial charge in [0.05, 0.1) is 11.7 Å². The van der Waals surface area contributed by atoms with Crippen LogP contribution in [-0.2, 0) is 26.0 Å². The van der Waals surface area contributed by atoms with Gasteiger partial charge in [-0.1, -0.05) is 43.2 Å². The summed E-state index contributed by atoms with van der Waals surface area (Å²) < 4.78 is 22.9. The maximum Gasteiger partial charge on any atom is 0.240 e. The van der Waals surface area contributed by atoms with Gasteiger partial charge in [0.15, 0.2) is 0 Å². The first-order chi connectivity index (χ1) is 15.2. The van der Waals surface area contributed by atoms with E-state index in [1.165, 1.54) is 5.56 Å². The summed E-state index contributed by atoms with van der Waals surface area (Å²) in [5, 5.41) is 2.75. The molecule has 2 fully saturated rings. The summed E-state index contributed by atoms with van der Waals surface area (Å²) in [7, 11) is -3.24. The fourth-order valence-electron chi connectivity index (χ4n) is 4.85. The molecule has 8 nitrogen and oxygen atoms in total. The van der Waals surface area contributed by atoms with Gasteiger partial charge in [-0.05, 0) is 24.8 Å². The zero-order chi connectivity index (χ0) is 23.1. The van der Waals surface area contributed by atoms with Crippen molar-refractivity contribution in [2.75, 3.05) is 38.2 Å². The molecule has 1 heterocycles. The standard InChI is InChI=1S/C23H36N4O4S/c1-32(30,31)16-11-20(22(24)28)25-23(29)19-9-5-6-10-21(19)27-14-12-26(13-15-27)17-18-7-3-2-4-8-18/h2-4,7-8,19-21H,5-6,9-17H2,1H3,(H2,24,28)(H,25,29)/t19-,20?,21-/m1/s1. The van der Waals surface area contributed by atoms with E-state index in [9.17, 15) is 18.0 Å². The Morgan fingerprint density at radius 2 is 1.75 bits per heavy atom. The van der Waals surface area contributed by atoms with Crippen LogP contribution >= 0.6 is 0 Å². The van der Waals surface area contributed by atoms with E-state index in [0.29, 0.717) is 0 Å². The second-order valence-electron chi connectivity index (χ2n) is 9.14. The van der Waals surface area contributed by atoms with E-state index in [1.807, 2.05) is 6.07 Å². The smallest absolute Gasteiger partial charge is 0.240 e. The summed E-state index contributed by atoms with van der Waals surface area (Å²) in [6.07, 6.45) is 4.93. The average molecular weight is 465 g/mol. The number of carbonyl (C=O) groups excluding carboxylic acids is 2. The Morgan fingerprint density at radius 3 is 2.38 bits per heavy atom. The number of benzene rings is 1. The number of primary amides is 1. The molecule has 1 aliphatic carbocycles. The number of rotatable bonds is 9. The zero-order valence-electron chi connectivity index (χ0n) is 18.9. The highest BCUT2D eigenvalue weighted by molar-refractivity contribution is 7.90. The van der Waals surface area contributed by atoms with Crippen LogP contribution in [0.25, 0.3) is 0 Å². The molecule has 3 N–H and O–H groups in total. The number of nitrogens with two attached hydrogens (primary N) is 1. The normalized spacial score (nSPS) is 24.0. The molecule has 1 aliphatic heterocycles. The van der Waals surface area contributed by atoms with Crippen LogP contribution in [0.4, 0.5) is 0 Å². The lowest BCUT2D eigenvalue weighted by Crippen LogP contribution is -2.56. The Balaban J connectivity index is 1.56. The number of carbonyl (C=O) groups is 2. The predicted molar refractivity (Wildman–Crippen MR) is 124 cm³/mol. The fraction of sp³-hybridized carbons (Fsp3) is 0.652. The number of hydrogen-bond acceptors (Lipinski definition) is 6. The van der Waals surface area contributed by atoms with Gasteiger partial charge in [-0.15, -0.1) is 0 Å². The van der Waals surface area contributed by atoms with E-state index in [4.69, 9.17) is 5.73 Å². The molecule has 3 atom stereocenters. The van der Waals surface area contributed by atoms with Crippen molar-refractivity contribution in [3.05, 3.63) is 35.9 Å². The highest BCUT2D eigenvalue weighted by atomic mass is 32.2. The molecule has 0 spiro atoms. The summed E-state index contributed by atoms with van der Waals surface area (Å²) in [6, 6.07) is 9.63. The molecule has 1 aromatic rings. The molecule has 178 valence electrons. The Kier molecular flexibility index (Phi) is 8.67. The third-order valence-electron chi connectivity index (χ3n) is 6.63. The third kappa shape index (κ3) is 7.28. The molecule has 2 amide bonds. The quantitative estimate of drug-likeness (QED) is 0.558. The Hall–Kier alpha value is -1.97. The minimum atomic E-state index is -3.24. The highest BCUT2D eigenvalue weighted by Crippen LogP contribution is 2.30. The van der Waals surface area contributed by atoms with E-state index < -0.39 is 21.8 Å². The van der Waals surface area contributed by atoms with Gasteiger partial charge < -0.3 is 11.1 Å². The lowest BCUT2D eigenvalue weighted by Gasteiger charge is -2.44. The molecule has 2 aliphatic rings. The molecule has 1 saturated carbocycles. The van der Waals surface area contributed by atoms with Crippen molar-refractivity contribution >= 4 is 21.7 Å². The number of sulfone groups is 1. The van der Waals surface area contributed by atoms with Crippen LogP contribution in [0.2, 0.25) is 0 Å². The monoisotopic (exact) mass is 464 g/mol. The van der Waals surface area contributed by atoms with Crippen molar-refractivity contribution in [3.8, 4) is 0 Å². The first-order valence-corrected chi connectivity index (χ1v) is 13.6. The van der Waals surface area contributed by atoms with E-state index in [-0.39, 0.29) is 30.0 Å². The third-order valence-corrected chi connectivity index (χ3v) is 7.61. The van der Waals surface area contributed by atoms with Crippen molar-refractivity contribution in [2.24, 2.45) is 11.7 Å². The van der Waals surface area contributed by atoms with E-state index >= 15 is 0 Å². The molecule has 9 heteroatoms. The number of piperazine rings is 1. The number of hydrogen-bond donors (Lipinski definition) is 2. The van der Waals surface area contributed by atoms with Crippen molar-refractivity contribution in [2.45, 2.75) is 50.7 Å². The lowest BCUT2D eigenvalue weighted by molar-refractivity contribution is -0.133. The van der Waals surface area contributed by atoms with Crippen LogP contribution in [0.3, 0.4) is 0 Å². The van der Waals surface area contributed by atoms with Crippen LogP contribution in [0, 0.1) is 5.92 Å². The Bertz CT molecular complexity index is 869. The van der Waals surface area contributed by atoms with Crippen LogP contribution in [0.5, 0.6) is 0 Å². The largest absolute Gasteiger partial charge is 0.368 e. The van der Waals surface area contributed by atoms with Gasteiger partial charge in [-0.2, -0.15) is 0 Å². The first kappa shape index (κ1) is 24.7. The second kappa shape index (κ2) is 11.2. The molecule has 0 radical (unpaired) electrons. The lowest BCUT2D eigenvalue weighted by atomic mass is 9.82. The van der Waals surface area contributed by atoms with Gasteiger partial charge in [0.2, 0.25) is 11.8 Å². The minimum Gasteiger partial charge on any atom is -0.368 e. The molecule has 3 rings (SSSR count). The molecule has 1 aromatic carbocycles. The molecule has 0 bridgehead atoms. The summed E-state index contributed by atoms with van der Waals surface area (Å²) in [4.78, 5) is 29.8. The first-order valence-electron chi connectivity index (χ1n) is 11.5. The van der Waals surface area contributed by atoms with Crippen LogP contribution in [-0.4, -0.2) is 80.3 Å². The SMILES string of the molecule is CS(=O)(=O)CCC(NC(=O)[C@@H]1CCCC[C@H]1N1CCN(Cc2ccccc2)CC1)C(N)=O. The van der Waals surface area contributed by atoms with Crippen LogP contribution in [0.15, 0.2) is 30.3 Å². The maximum absolute atomic E-state index is 13.1. The van der Waals surface area contributed by atoms with Crippen molar-refractivity contribution in [1.29, 1.82) is 0 Å². The fourth-order valence-corrected chi connectivity index (χ4v) is 5.51. The predicted octanol–water partition coefficient (Wildman–Crippen LogP) is 0.768. The molecule has 1 unspecified atom stereocenters. The molecular formula is C23H36N4O4S. The molecule has 0 aromatic heterocycles.